The Morgan fingerprint density at radius 1 is 1.00 bits per heavy atom. The van der Waals surface area contributed by atoms with Crippen LogP contribution in [0.1, 0.15) is 17.0 Å². The molecule has 0 atom stereocenters. The molecule has 0 bridgehead atoms. The van der Waals surface area contributed by atoms with Crippen LogP contribution in [0.15, 0.2) is 48.5 Å². The molecule has 2 heterocycles. The van der Waals surface area contributed by atoms with Crippen LogP contribution in [-0.2, 0) is 13.1 Å². The zero-order valence-corrected chi connectivity index (χ0v) is 16.6. The Hall–Kier alpha value is -3.68. The summed E-state index contributed by atoms with van der Waals surface area (Å²) in [6.07, 6.45) is 0. The summed E-state index contributed by atoms with van der Waals surface area (Å²) in [5.74, 6) is 2.78. The second kappa shape index (κ2) is 8.14. The van der Waals surface area contributed by atoms with Gasteiger partial charge in [-0.05, 0) is 24.6 Å². The monoisotopic (exact) mass is 390 g/mol. The average molecular weight is 390 g/mol. The number of hydrogen-bond donors (Lipinski definition) is 1. The fraction of sp³-hybridized carbons (Fsp3) is 0.238. The van der Waals surface area contributed by atoms with Crippen molar-refractivity contribution in [1.29, 1.82) is 0 Å². The summed E-state index contributed by atoms with van der Waals surface area (Å²) in [5, 5.41) is 11.9. The van der Waals surface area contributed by atoms with Crippen LogP contribution in [0.5, 0.6) is 11.5 Å². The molecule has 0 aliphatic carbocycles. The lowest BCUT2D eigenvalue weighted by Gasteiger charge is -2.12. The molecule has 0 fully saturated rings. The first-order valence-electron chi connectivity index (χ1n) is 9.24. The number of nitrogens with zero attached hydrogens (tertiary/aromatic N) is 5. The van der Waals surface area contributed by atoms with Gasteiger partial charge in [-0.1, -0.05) is 35.5 Å². The molecule has 8 nitrogen and oxygen atoms in total. The van der Waals surface area contributed by atoms with Crippen molar-refractivity contribution in [2.24, 2.45) is 0 Å². The van der Waals surface area contributed by atoms with Gasteiger partial charge in [-0.3, -0.25) is 0 Å². The van der Waals surface area contributed by atoms with Gasteiger partial charge in [0, 0.05) is 18.2 Å². The highest BCUT2D eigenvalue weighted by atomic mass is 16.5. The molecule has 148 valence electrons. The van der Waals surface area contributed by atoms with Crippen LogP contribution in [0, 0.1) is 6.92 Å². The van der Waals surface area contributed by atoms with E-state index in [0.29, 0.717) is 35.9 Å². The van der Waals surface area contributed by atoms with Gasteiger partial charge in [-0.25, -0.2) is 14.6 Å². The predicted octanol–water partition coefficient (Wildman–Crippen LogP) is 3.21. The predicted molar refractivity (Wildman–Crippen MR) is 110 cm³/mol. The van der Waals surface area contributed by atoms with Gasteiger partial charge >= 0.3 is 0 Å². The highest BCUT2D eigenvalue weighted by Gasteiger charge is 2.14. The minimum Gasteiger partial charge on any atom is -0.497 e. The zero-order chi connectivity index (χ0) is 20.2. The molecule has 2 aromatic carbocycles. The van der Waals surface area contributed by atoms with E-state index in [9.17, 15) is 0 Å². The molecule has 0 aliphatic rings. The summed E-state index contributed by atoms with van der Waals surface area (Å²) < 4.78 is 12.5. The van der Waals surface area contributed by atoms with Crippen LogP contribution in [0.25, 0.3) is 11.2 Å². The Morgan fingerprint density at radius 2 is 1.83 bits per heavy atom. The van der Waals surface area contributed by atoms with Crippen molar-refractivity contribution in [3.63, 3.8) is 0 Å². The Morgan fingerprint density at radius 3 is 2.59 bits per heavy atom. The molecule has 0 spiro atoms. The van der Waals surface area contributed by atoms with E-state index in [0.717, 1.165) is 22.6 Å². The zero-order valence-electron chi connectivity index (χ0n) is 16.6. The van der Waals surface area contributed by atoms with Gasteiger partial charge in [-0.15, -0.1) is 5.10 Å². The maximum Gasteiger partial charge on any atom is 0.184 e. The highest BCUT2D eigenvalue weighted by molar-refractivity contribution is 5.82. The van der Waals surface area contributed by atoms with Crippen molar-refractivity contribution in [2.45, 2.75) is 20.0 Å². The van der Waals surface area contributed by atoms with Crippen LogP contribution in [0.4, 0.5) is 5.82 Å². The van der Waals surface area contributed by atoms with Crippen LogP contribution >= 0.6 is 0 Å². The van der Waals surface area contributed by atoms with Crippen LogP contribution < -0.4 is 14.8 Å². The molecular weight excluding hydrogens is 368 g/mol. The molecule has 29 heavy (non-hydrogen) atoms. The SMILES string of the molecule is COc1ccc(CNc2nc(C)nc3c2nnn3Cc2ccccc2)c(OC)c1. The van der Waals surface area contributed by atoms with Crippen molar-refractivity contribution in [3.8, 4) is 11.5 Å². The van der Waals surface area contributed by atoms with Gasteiger partial charge in [0.05, 0.1) is 20.8 Å². The lowest BCUT2D eigenvalue weighted by atomic mass is 10.2. The van der Waals surface area contributed by atoms with Crippen LogP contribution in [0.3, 0.4) is 0 Å². The minimum atomic E-state index is 0.518. The number of methoxy groups -OCH3 is 2. The number of rotatable bonds is 7. The molecule has 0 radical (unpaired) electrons. The van der Waals surface area contributed by atoms with Crippen molar-refractivity contribution in [3.05, 3.63) is 65.5 Å². The third kappa shape index (κ3) is 3.96. The quantitative estimate of drug-likeness (QED) is 0.518. The summed E-state index contributed by atoms with van der Waals surface area (Å²) >= 11 is 0. The summed E-state index contributed by atoms with van der Waals surface area (Å²) in [6, 6.07) is 15.8. The highest BCUT2D eigenvalue weighted by Crippen LogP contribution is 2.26. The van der Waals surface area contributed by atoms with E-state index < -0.39 is 0 Å². The van der Waals surface area contributed by atoms with E-state index in [1.165, 1.54) is 0 Å². The normalized spacial score (nSPS) is 10.9. The molecule has 2 aromatic heterocycles. The first-order valence-corrected chi connectivity index (χ1v) is 9.24. The van der Waals surface area contributed by atoms with E-state index in [-0.39, 0.29) is 0 Å². The molecular formula is C21H22N6O2. The first-order chi connectivity index (χ1) is 14.2. The van der Waals surface area contributed by atoms with Gasteiger partial charge in [0.2, 0.25) is 0 Å². The fourth-order valence-corrected chi connectivity index (χ4v) is 3.13. The van der Waals surface area contributed by atoms with Crippen LogP contribution in [-0.4, -0.2) is 39.2 Å². The third-order valence-electron chi connectivity index (χ3n) is 4.59. The van der Waals surface area contributed by atoms with Gasteiger partial charge in [0.15, 0.2) is 17.0 Å². The second-order valence-corrected chi connectivity index (χ2v) is 6.56. The van der Waals surface area contributed by atoms with E-state index in [4.69, 9.17) is 9.47 Å². The standard InChI is InChI=1S/C21H22N6O2/c1-14-23-20(22-12-16-9-10-17(28-2)11-18(16)29-3)19-21(24-14)27(26-25-19)13-15-7-5-4-6-8-15/h4-11H,12-13H2,1-3H3,(H,22,23,24). The fourth-order valence-electron chi connectivity index (χ4n) is 3.13. The second-order valence-electron chi connectivity index (χ2n) is 6.56. The van der Waals surface area contributed by atoms with Crippen molar-refractivity contribution in [1.82, 2.24) is 25.0 Å². The Kier molecular flexibility index (Phi) is 5.24. The number of fused-ring (bicyclic) bond motifs is 1. The molecule has 0 saturated carbocycles. The maximum absolute atomic E-state index is 5.47. The largest absolute Gasteiger partial charge is 0.497 e. The smallest absolute Gasteiger partial charge is 0.184 e. The van der Waals surface area contributed by atoms with Crippen molar-refractivity contribution >= 4 is 17.0 Å². The molecule has 4 aromatic rings. The number of anilines is 1. The number of benzene rings is 2. The summed E-state index contributed by atoms with van der Waals surface area (Å²) in [6.45, 7) is 2.97. The Balaban J connectivity index is 1.61. The molecule has 0 saturated heterocycles. The number of aromatic nitrogens is 5. The molecule has 0 aliphatic heterocycles. The van der Waals surface area contributed by atoms with Gasteiger partial charge < -0.3 is 14.8 Å². The number of aryl methyl sites for hydroxylation is 1. The van der Waals surface area contributed by atoms with Crippen LogP contribution in [0.2, 0.25) is 0 Å². The maximum atomic E-state index is 5.47. The Bertz CT molecular complexity index is 1130. The summed E-state index contributed by atoms with van der Waals surface area (Å²) in [5.41, 5.74) is 3.45. The van der Waals surface area contributed by atoms with Crippen molar-refractivity contribution < 1.29 is 9.47 Å². The van der Waals surface area contributed by atoms with E-state index >= 15 is 0 Å². The Labute approximate surface area is 168 Å². The molecule has 0 amide bonds. The molecule has 8 heteroatoms. The van der Waals surface area contributed by atoms with Gasteiger partial charge in [-0.2, -0.15) is 0 Å². The van der Waals surface area contributed by atoms with E-state index in [1.807, 2.05) is 43.3 Å². The number of hydrogen-bond acceptors (Lipinski definition) is 7. The summed E-state index contributed by atoms with van der Waals surface area (Å²) in [7, 11) is 3.27. The molecule has 0 unspecified atom stereocenters. The first kappa shape index (κ1) is 18.7. The molecule has 1 N–H and O–H groups in total. The third-order valence-corrected chi connectivity index (χ3v) is 4.59. The summed E-state index contributed by atoms with van der Waals surface area (Å²) in [4.78, 5) is 9.07. The average Bonchev–Trinajstić information content (AvgIpc) is 3.15. The van der Waals surface area contributed by atoms with E-state index in [1.54, 1.807) is 18.9 Å². The number of nitrogens with one attached hydrogen (secondary N) is 1. The van der Waals surface area contributed by atoms with Gasteiger partial charge in [0.1, 0.15) is 17.3 Å². The minimum absolute atomic E-state index is 0.518. The number of ether oxygens (including phenoxy) is 2. The van der Waals surface area contributed by atoms with Crippen molar-refractivity contribution in [2.75, 3.05) is 19.5 Å². The topological polar surface area (TPSA) is 87.0 Å². The van der Waals surface area contributed by atoms with Gasteiger partial charge in [0.25, 0.3) is 0 Å². The lowest BCUT2D eigenvalue weighted by Crippen LogP contribution is -2.07. The lowest BCUT2D eigenvalue weighted by molar-refractivity contribution is 0.391. The van der Waals surface area contributed by atoms with E-state index in [2.05, 4.69) is 37.7 Å². The molecule has 4 rings (SSSR count).